The number of aliphatic hydroxyl groups is 2. The second kappa shape index (κ2) is 13.3. The van der Waals surface area contributed by atoms with Crippen molar-refractivity contribution in [2.75, 3.05) is 33.5 Å². The SMILES string of the molecule is COc1c(OCCCO)c(CCc2cccc3c2ccc2[nH]ccc23)c2oc(-c3ccc(O)cc3)cc(=O)c2c1OCCCO. The van der Waals surface area contributed by atoms with Crippen LogP contribution in [-0.2, 0) is 12.8 Å². The van der Waals surface area contributed by atoms with Crippen molar-refractivity contribution < 1.29 is 33.9 Å². The maximum atomic E-state index is 13.9. The Morgan fingerprint density at radius 1 is 0.800 bits per heavy atom. The Hall–Kier alpha value is -4.99. The molecule has 0 aliphatic rings. The number of aliphatic hydroxyl groups excluding tert-OH is 2. The maximum absolute atomic E-state index is 13.9. The summed E-state index contributed by atoms with van der Waals surface area (Å²) >= 11 is 0. The van der Waals surface area contributed by atoms with Crippen molar-refractivity contribution in [1.29, 1.82) is 0 Å². The van der Waals surface area contributed by atoms with Crippen LogP contribution in [-0.4, -0.2) is 53.8 Å². The van der Waals surface area contributed by atoms with Gasteiger partial charge in [-0.05, 0) is 65.6 Å². The van der Waals surface area contributed by atoms with Crippen molar-refractivity contribution in [3.05, 3.63) is 94.3 Å². The lowest BCUT2D eigenvalue weighted by atomic mass is 9.95. The zero-order valence-corrected chi connectivity index (χ0v) is 25.0. The molecule has 0 saturated heterocycles. The molecule has 45 heavy (non-hydrogen) atoms. The zero-order chi connectivity index (χ0) is 31.3. The lowest BCUT2D eigenvalue weighted by Gasteiger charge is -2.21. The molecule has 4 aromatic carbocycles. The van der Waals surface area contributed by atoms with Crippen molar-refractivity contribution >= 4 is 32.6 Å². The average molecular weight is 610 g/mol. The van der Waals surface area contributed by atoms with Crippen LogP contribution in [0.5, 0.6) is 23.0 Å². The average Bonchev–Trinajstić information content (AvgIpc) is 3.54. The fourth-order valence-corrected chi connectivity index (χ4v) is 5.77. The van der Waals surface area contributed by atoms with Crippen LogP contribution >= 0.6 is 0 Å². The van der Waals surface area contributed by atoms with E-state index < -0.39 is 0 Å². The minimum absolute atomic E-state index is 0.0607. The first-order valence-electron chi connectivity index (χ1n) is 15.0. The third kappa shape index (κ3) is 5.92. The van der Waals surface area contributed by atoms with Gasteiger partial charge in [-0.25, -0.2) is 0 Å². The summed E-state index contributed by atoms with van der Waals surface area (Å²) in [6.07, 6.45) is 3.70. The van der Waals surface area contributed by atoms with Gasteiger partial charge >= 0.3 is 0 Å². The minimum Gasteiger partial charge on any atom is -0.508 e. The molecule has 0 spiro atoms. The molecule has 9 heteroatoms. The van der Waals surface area contributed by atoms with E-state index in [1.54, 1.807) is 12.1 Å². The number of aromatic amines is 1. The van der Waals surface area contributed by atoms with Crippen molar-refractivity contribution in [2.45, 2.75) is 25.7 Å². The second-order valence-electron chi connectivity index (χ2n) is 10.8. The number of hydrogen-bond acceptors (Lipinski definition) is 8. The topological polar surface area (TPSA) is 134 Å². The zero-order valence-electron chi connectivity index (χ0n) is 25.0. The molecule has 4 N–H and O–H groups in total. The van der Waals surface area contributed by atoms with Crippen LogP contribution in [0.3, 0.4) is 0 Å². The Morgan fingerprint density at radius 2 is 1.56 bits per heavy atom. The van der Waals surface area contributed by atoms with Crippen LogP contribution in [0.1, 0.15) is 24.0 Å². The van der Waals surface area contributed by atoms with Crippen LogP contribution in [0.4, 0.5) is 0 Å². The van der Waals surface area contributed by atoms with E-state index in [1.807, 2.05) is 12.3 Å². The number of rotatable bonds is 13. The summed E-state index contributed by atoms with van der Waals surface area (Å²) in [4.78, 5) is 17.1. The number of aryl methyl sites for hydroxylation is 2. The molecule has 0 bridgehead atoms. The number of phenols is 1. The highest BCUT2D eigenvalue weighted by Crippen LogP contribution is 2.47. The van der Waals surface area contributed by atoms with Crippen molar-refractivity contribution in [3.8, 4) is 34.3 Å². The third-order valence-electron chi connectivity index (χ3n) is 7.92. The monoisotopic (exact) mass is 609 g/mol. The first-order valence-corrected chi connectivity index (χ1v) is 15.0. The van der Waals surface area contributed by atoms with Gasteiger partial charge in [0.1, 0.15) is 22.5 Å². The highest BCUT2D eigenvalue weighted by Gasteiger charge is 2.27. The lowest BCUT2D eigenvalue weighted by molar-refractivity contribution is 0.217. The number of nitrogens with one attached hydrogen (secondary N) is 1. The molecular formula is C36H35NO8. The molecule has 0 aliphatic heterocycles. The summed E-state index contributed by atoms with van der Waals surface area (Å²) in [5, 5.41) is 32.4. The van der Waals surface area contributed by atoms with Gasteiger partial charge in [0, 0.05) is 60.3 Å². The van der Waals surface area contributed by atoms with Gasteiger partial charge in [0.2, 0.25) is 5.75 Å². The van der Waals surface area contributed by atoms with Crippen LogP contribution in [0.25, 0.3) is 44.0 Å². The Morgan fingerprint density at radius 3 is 2.29 bits per heavy atom. The molecule has 2 heterocycles. The molecule has 2 aromatic heterocycles. The summed E-state index contributed by atoms with van der Waals surface area (Å²) in [5.74, 6) is 1.22. The summed E-state index contributed by atoms with van der Waals surface area (Å²) in [5.41, 5.74) is 3.40. The quantitative estimate of drug-likeness (QED) is 0.115. The Labute approximate surface area is 259 Å². The normalized spacial score (nSPS) is 11.4. The smallest absolute Gasteiger partial charge is 0.204 e. The molecule has 0 unspecified atom stereocenters. The Balaban J connectivity index is 1.55. The first-order chi connectivity index (χ1) is 22.0. The molecule has 0 fully saturated rings. The number of benzene rings is 4. The lowest BCUT2D eigenvalue weighted by Crippen LogP contribution is -2.12. The van der Waals surface area contributed by atoms with Gasteiger partial charge in [0.15, 0.2) is 16.9 Å². The van der Waals surface area contributed by atoms with E-state index in [-0.39, 0.29) is 54.5 Å². The van der Waals surface area contributed by atoms with Crippen molar-refractivity contribution in [2.24, 2.45) is 0 Å². The highest BCUT2D eigenvalue weighted by molar-refractivity contribution is 6.07. The summed E-state index contributed by atoms with van der Waals surface area (Å²) in [7, 11) is 1.49. The van der Waals surface area contributed by atoms with Crippen LogP contribution in [0.2, 0.25) is 0 Å². The number of aromatic nitrogens is 1. The largest absolute Gasteiger partial charge is 0.508 e. The summed E-state index contributed by atoms with van der Waals surface area (Å²) < 4.78 is 24.7. The third-order valence-corrected chi connectivity index (χ3v) is 7.92. The van der Waals surface area contributed by atoms with Crippen LogP contribution < -0.4 is 19.6 Å². The molecular weight excluding hydrogens is 574 g/mol. The molecule has 0 amide bonds. The molecule has 0 radical (unpaired) electrons. The Kier molecular flexibility index (Phi) is 8.91. The summed E-state index contributed by atoms with van der Waals surface area (Å²) in [6.45, 7) is 0.190. The standard InChI is InChI=1S/C36H35NO8/c1-42-36-34(43-19-3-17-38)28(12-9-22-5-2-6-26-25(22)13-14-29-27(26)15-16-37-29)33-32(35(36)44-20-4-18-39)30(41)21-31(45-33)23-7-10-24(40)11-8-23/h2,5-8,10-11,13-16,21,37-40H,3-4,9,12,17-20H2,1H3. The fraction of sp³-hybridized carbons (Fsp3) is 0.250. The van der Waals surface area contributed by atoms with Crippen LogP contribution in [0.15, 0.2) is 82.1 Å². The molecule has 0 saturated carbocycles. The van der Waals surface area contributed by atoms with Gasteiger partial charge in [0.25, 0.3) is 0 Å². The first kappa shape index (κ1) is 30.1. The van der Waals surface area contributed by atoms with E-state index in [4.69, 9.17) is 18.6 Å². The fourth-order valence-electron chi connectivity index (χ4n) is 5.77. The summed E-state index contributed by atoms with van der Waals surface area (Å²) in [6, 6.07) is 20.3. The number of fused-ring (bicyclic) bond motifs is 4. The number of ether oxygens (including phenoxy) is 3. The molecule has 0 atom stereocenters. The van der Waals surface area contributed by atoms with Crippen molar-refractivity contribution in [1.82, 2.24) is 4.98 Å². The highest BCUT2D eigenvalue weighted by atomic mass is 16.5. The predicted octanol–water partition coefficient (Wildman–Crippen LogP) is 6.12. The van der Waals surface area contributed by atoms with E-state index >= 15 is 0 Å². The number of hydrogen-bond donors (Lipinski definition) is 4. The molecule has 232 valence electrons. The van der Waals surface area contributed by atoms with E-state index in [0.717, 1.165) is 27.2 Å². The number of methoxy groups -OCH3 is 1. The van der Waals surface area contributed by atoms with E-state index in [2.05, 4.69) is 35.3 Å². The molecule has 6 rings (SSSR count). The maximum Gasteiger partial charge on any atom is 0.204 e. The van der Waals surface area contributed by atoms with Crippen molar-refractivity contribution in [3.63, 3.8) is 0 Å². The molecule has 9 nitrogen and oxygen atoms in total. The Bertz CT molecular complexity index is 2010. The van der Waals surface area contributed by atoms with Gasteiger partial charge < -0.3 is 38.9 Å². The number of aromatic hydroxyl groups is 1. The number of H-pyrrole nitrogens is 1. The van der Waals surface area contributed by atoms with Gasteiger partial charge in [-0.15, -0.1) is 0 Å². The minimum atomic E-state index is -0.334. The van der Waals surface area contributed by atoms with Gasteiger partial charge in [-0.2, -0.15) is 0 Å². The molecule has 0 aliphatic carbocycles. The van der Waals surface area contributed by atoms with E-state index in [1.165, 1.54) is 25.3 Å². The van der Waals surface area contributed by atoms with E-state index in [9.17, 15) is 20.1 Å². The molecule has 6 aromatic rings. The van der Waals surface area contributed by atoms with Gasteiger partial charge in [-0.3, -0.25) is 4.79 Å². The van der Waals surface area contributed by atoms with E-state index in [0.29, 0.717) is 53.9 Å². The van der Waals surface area contributed by atoms with Gasteiger partial charge in [-0.1, -0.05) is 24.3 Å². The van der Waals surface area contributed by atoms with Gasteiger partial charge in [0.05, 0.1) is 20.3 Å². The second-order valence-corrected chi connectivity index (χ2v) is 10.8. The predicted molar refractivity (Wildman–Crippen MR) is 174 cm³/mol. The van der Waals surface area contributed by atoms with Crippen LogP contribution in [0, 0.1) is 0 Å². The number of phenolic OH excluding ortho intramolecular Hbond substituents is 1.